The Morgan fingerprint density at radius 3 is 1.60 bits per heavy atom. The van der Waals surface area contributed by atoms with Gasteiger partial charge in [0.1, 0.15) is 12.6 Å². The lowest BCUT2D eigenvalue weighted by Gasteiger charge is -2.34. The third-order valence-electron chi connectivity index (χ3n) is 9.26. The van der Waals surface area contributed by atoms with E-state index >= 15 is 0 Å². The highest BCUT2D eigenvalue weighted by molar-refractivity contribution is 5.70. The van der Waals surface area contributed by atoms with Gasteiger partial charge in [-0.2, -0.15) is 0 Å². The number of likely N-dealkylation sites (N-methyl/N-ethyl adjacent to an activating group) is 1. The zero-order valence-corrected chi connectivity index (χ0v) is 34.2. The third kappa shape index (κ3) is 33.4. The van der Waals surface area contributed by atoms with Crippen LogP contribution in [0, 0.1) is 0 Å². The summed E-state index contributed by atoms with van der Waals surface area (Å²) in [7, 11) is 5.39. The summed E-state index contributed by atoms with van der Waals surface area (Å²) in [4.78, 5) is 36.7. The molecule has 0 aliphatic carbocycles. The van der Waals surface area contributed by atoms with Gasteiger partial charge in [0, 0.05) is 19.3 Å². The number of aliphatic carboxylic acids is 1. The molecule has 0 aliphatic rings. The largest absolute Gasteiger partial charge is 0.544 e. The number of carboxylic acids is 1. The van der Waals surface area contributed by atoms with Gasteiger partial charge >= 0.3 is 11.9 Å². The number of esters is 2. The summed E-state index contributed by atoms with van der Waals surface area (Å²) in [5, 5.41) is 11.6. The molecule has 2 unspecified atom stereocenters. The highest BCUT2D eigenvalue weighted by atomic mass is 16.6. The fourth-order valence-corrected chi connectivity index (χ4v) is 5.98. The normalized spacial score (nSPS) is 13.3. The molecule has 0 aromatic heterocycles. The standard InChI is InChI=1S/C44H79NO7/c1-6-8-10-12-14-16-18-20-21-22-23-25-26-28-30-32-34-42(46)51-39-40(38-50-37-36-41(44(48)49)45(3,4)5)52-43(47)35-33-31-29-27-24-19-17-15-13-11-9-7-2/h9,11,15,17,21-22,40-41H,6-8,10,12-14,16,18-20,23-39H2,1-5H3/b11-9+,17-15+,22-21+. The lowest BCUT2D eigenvalue weighted by atomic mass is 10.1. The number of allylic oxidation sites excluding steroid dienone is 6. The Morgan fingerprint density at radius 2 is 1.08 bits per heavy atom. The maximum absolute atomic E-state index is 12.7. The van der Waals surface area contributed by atoms with Crippen LogP contribution in [0.2, 0.25) is 0 Å². The lowest BCUT2D eigenvalue weighted by Crippen LogP contribution is -2.55. The smallest absolute Gasteiger partial charge is 0.306 e. The summed E-state index contributed by atoms with van der Waals surface area (Å²) in [5.74, 6) is -1.77. The molecule has 0 heterocycles. The molecule has 8 heteroatoms. The van der Waals surface area contributed by atoms with E-state index in [1.807, 2.05) is 0 Å². The van der Waals surface area contributed by atoms with E-state index in [4.69, 9.17) is 14.2 Å². The van der Waals surface area contributed by atoms with Crippen LogP contribution in [-0.4, -0.2) is 75.5 Å². The summed E-state index contributed by atoms with van der Waals surface area (Å²) < 4.78 is 17.1. The highest BCUT2D eigenvalue weighted by Gasteiger charge is 2.25. The van der Waals surface area contributed by atoms with Gasteiger partial charge in [0.15, 0.2) is 6.10 Å². The molecule has 0 bridgehead atoms. The Hall–Kier alpha value is -2.45. The molecule has 0 aliphatic heterocycles. The molecule has 0 rings (SSSR count). The first-order chi connectivity index (χ1) is 25.1. The molecule has 8 nitrogen and oxygen atoms in total. The van der Waals surface area contributed by atoms with E-state index in [1.165, 1.54) is 57.8 Å². The van der Waals surface area contributed by atoms with Gasteiger partial charge < -0.3 is 28.6 Å². The van der Waals surface area contributed by atoms with Gasteiger partial charge in [-0.15, -0.1) is 0 Å². The van der Waals surface area contributed by atoms with Crippen LogP contribution in [0.25, 0.3) is 0 Å². The van der Waals surface area contributed by atoms with E-state index < -0.39 is 18.1 Å². The van der Waals surface area contributed by atoms with E-state index in [-0.39, 0.29) is 42.7 Å². The van der Waals surface area contributed by atoms with Gasteiger partial charge in [0.25, 0.3) is 0 Å². The van der Waals surface area contributed by atoms with E-state index in [2.05, 4.69) is 50.3 Å². The summed E-state index contributed by atoms with van der Waals surface area (Å²) >= 11 is 0. The van der Waals surface area contributed by atoms with Crippen molar-refractivity contribution in [2.45, 2.75) is 187 Å². The number of carbonyl (C=O) groups excluding carboxylic acids is 3. The van der Waals surface area contributed by atoms with Gasteiger partial charge in [-0.3, -0.25) is 9.59 Å². The zero-order chi connectivity index (χ0) is 38.5. The summed E-state index contributed by atoms with van der Waals surface area (Å²) in [6.07, 6.45) is 38.8. The number of carboxylic acid groups (broad SMARTS) is 1. The monoisotopic (exact) mass is 734 g/mol. The minimum atomic E-state index is -1.13. The van der Waals surface area contributed by atoms with Crippen LogP contribution in [0.5, 0.6) is 0 Å². The van der Waals surface area contributed by atoms with Crippen LogP contribution in [0.3, 0.4) is 0 Å². The topological polar surface area (TPSA) is 102 Å². The van der Waals surface area contributed by atoms with E-state index in [0.29, 0.717) is 12.8 Å². The predicted octanol–water partition coefficient (Wildman–Crippen LogP) is 9.74. The van der Waals surface area contributed by atoms with Crippen LogP contribution in [-0.2, 0) is 28.6 Å². The maximum atomic E-state index is 12.7. The Labute approximate surface area is 319 Å². The second kappa shape index (κ2) is 35.6. The average molecular weight is 734 g/mol. The Balaban J connectivity index is 4.38. The summed E-state index contributed by atoms with van der Waals surface area (Å²) in [6.45, 7) is 4.52. The molecule has 0 radical (unpaired) electrons. The van der Waals surface area contributed by atoms with Crippen molar-refractivity contribution >= 4 is 17.9 Å². The number of rotatable bonds is 37. The maximum Gasteiger partial charge on any atom is 0.306 e. The van der Waals surface area contributed by atoms with Gasteiger partial charge in [0.2, 0.25) is 0 Å². The summed E-state index contributed by atoms with van der Waals surface area (Å²) in [6, 6.07) is -0.728. The van der Waals surface area contributed by atoms with Gasteiger partial charge in [-0.05, 0) is 64.2 Å². The Kier molecular flexibility index (Phi) is 33.9. The SMILES string of the molecule is CC/C=C/C/C=C/CCCCCCCC(=O)OC(COCCC(C(=O)[O-])[N+](C)(C)C)COC(=O)CCCCCCC/C=C/CCCCCCCCC. The van der Waals surface area contributed by atoms with Gasteiger partial charge in [0.05, 0.1) is 40.3 Å². The van der Waals surface area contributed by atoms with Crippen LogP contribution in [0.15, 0.2) is 36.5 Å². The fourth-order valence-electron chi connectivity index (χ4n) is 5.98. The van der Waals surface area contributed by atoms with Crippen LogP contribution < -0.4 is 5.11 Å². The second-order valence-electron chi connectivity index (χ2n) is 15.2. The van der Waals surface area contributed by atoms with Crippen molar-refractivity contribution in [3.05, 3.63) is 36.5 Å². The molecule has 0 saturated carbocycles. The molecular formula is C44H79NO7. The number of carbonyl (C=O) groups is 3. The fraction of sp³-hybridized carbons (Fsp3) is 0.795. The van der Waals surface area contributed by atoms with E-state index in [0.717, 1.165) is 83.5 Å². The molecule has 2 atom stereocenters. The highest BCUT2D eigenvalue weighted by Crippen LogP contribution is 2.13. The first kappa shape index (κ1) is 49.6. The van der Waals surface area contributed by atoms with Crippen molar-refractivity contribution in [1.29, 1.82) is 0 Å². The Morgan fingerprint density at radius 1 is 0.596 bits per heavy atom. The number of unbranched alkanes of at least 4 members (excludes halogenated alkanes) is 17. The number of hydrogen-bond donors (Lipinski definition) is 0. The van der Waals surface area contributed by atoms with Crippen molar-refractivity contribution in [2.75, 3.05) is 41.0 Å². The molecule has 0 N–H and O–H groups in total. The number of ether oxygens (including phenoxy) is 3. The molecule has 302 valence electrons. The minimum Gasteiger partial charge on any atom is -0.544 e. The number of quaternary nitrogens is 1. The van der Waals surface area contributed by atoms with Crippen molar-refractivity contribution in [3.8, 4) is 0 Å². The van der Waals surface area contributed by atoms with Crippen LogP contribution in [0.1, 0.15) is 174 Å². The quantitative estimate of drug-likeness (QED) is 0.0271. The van der Waals surface area contributed by atoms with E-state index in [9.17, 15) is 19.5 Å². The molecule has 0 saturated heterocycles. The summed E-state index contributed by atoms with van der Waals surface area (Å²) in [5.41, 5.74) is 0. The third-order valence-corrected chi connectivity index (χ3v) is 9.26. The first-order valence-electron chi connectivity index (χ1n) is 21.0. The number of hydrogen-bond acceptors (Lipinski definition) is 7. The van der Waals surface area contributed by atoms with Gasteiger partial charge in [-0.1, -0.05) is 127 Å². The zero-order valence-electron chi connectivity index (χ0n) is 34.2. The van der Waals surface area contributed by atoms with Gasteiger partial charge in [-0.25, -0.2) is 0 Å². The molecule has 0 amide bonds. The van der Waals surface area contributed by atoms with Crippen LogP contribution >= 0.6 is 0 Å². The van der Waals surface area contributed by atoms with E-state index in [1.54, 1.807) is 21.1 Å². The van der Waals surface area contributed by atoms with Crippen molar-refractivity contribution < 1.29 is 38.2 Å². The molecule has 52 heavy (non-hydrogen) atoms. The second-order valence-corrected chi connectivity index (χ2v) is 15.2. The first-order valence-corrected chi connectivity index (χ1v) is 21.0. The van der Waals surface area contributed by atoms with Crippen molar-refractivity contribution in [1.82, 2.24) is 0 Å². The Bertz CT molecular complexity index is 953. The molecule has 0 aromatic rings. The van der Waals surface area contributed by atoms with Crippen LogP contribution in [0.4, 0.5) is 0 Å². The molecular weight excluding hydrogens is 654 g/mol. The van der Waals surface area contributed by atoms with Crippen molar-refractivity contribution in [3.63, 3.8) is 0 Å². The molecule has 0 fully saturated rings. The average Bonchev–Trinajstić information content (AvgIpc) is 3.09. The number of nitrogens with zero attached hydrogens (tertiary/aromatic N) is 1. The lowest BCUT2D eigenvalue weighted by molar-refractivity contribution is -0.889. The predicted molar refractivity (Wildman–Crippen MR) is 213 cm³/mol. The van der Waals surface area contributed by atoms with Crippen molar-refractivity contribution in [2.24, 2.45) is 0 Å². The molecule has 0 aromatic carbocycles. The molecule has 0 spiro atoms. The minimum absolute atomic E-state index is 0.0329.